The lowest BCUT2D eigenvalue weighted by molar-refractivity contribution is -0.0444. The summed E-state index contributed by atoms with van der Waals surface area (Å²) in [6, 6.07) is 2.76. The molecule has 0 spiro atoms. The summed E-state index contributed by atoms with van der Waals surface area (Å²) in [7, 11) is 0. The normalized spacial score (nSPS) is 24.1. The van der Waals surface area contributed by atoms with Crippen LogP contribution in [-0.2, 0) is 4.74 Å². The highest BCUT2D eigenvalue weighted by Crippen LogP contribution is 2.17. The Morgan fingerprint density at radius 1 is 1.61 bits per heavy atom. The number of hydrogen-bond donors (Lipinski definition) is 0. The molecule has 0 radical (unpaired) electrons. The van der Waals surface area contributed by atoms with Crippen LogP contribution in [0, 0.1) is 5.95 Å². The van der Waals surface area contributed by atoms with E-state index in [1.54, 1.807) is 4.90 Å². The summed E-state index contributed by atoms with van der Waals surface area (Å²) in [4.78, 5) is 17.6. The average molecular weight is 252 g/mol. The Kier molecular flexibility index (Phi) is 3.91. The molecule has 2 atom stereocenters. The van der Waals surface area contributed by atoms with Crippen molar-refractivity contribution >= 4 is 5.91 Å². The summed E-state index contributed by atoms with van der Waals surface area (Å²) < 4.78 is 18.3. The minimum atomic E-state index is -0.575. The van der Waals surface area contributed by atoms with E-state index in [9.17, 15) is 9.18 Å². The molecule has 1 amide bonds. The van der Waals surface area contributed by atoms with E-state index < -0.39 is 5.95 Å². The van der Waals surface area contributed by atoms with Crippen LogP contribution in [0.4, 0.5) is 4.39 Å². The van der Waals surface area contributed by atoms with Crippen molar-refractivity contribution in [1.29, 1.82) is 0 Å². The van der Waals surface area contributed by atoms with Gasteiger partial charge in [-0.2, -0.15) is 4.39 Å². The molecule has 2 rings (SSSR count). The second-order valence-corrected chi connectivity index (χ2v) is 4.53. The lowest BCUT2D eigenvalue weighted by Crippen LogP contribution is -2.51. The van der Waals surface area contributed by atoms with Crippen molar-refractivity contribution in [1.82, 2.24) is 9.88 Å². The predicted octanol–water partition coefficient (Wildman–Crippen LogP) is 1.86. The number of pyridine rings is 1. The first-order valence-corrected chi connectivity index (χ1v) is 6.16. The third-order valence-electron chi connectivity index (χ3n) is 3.17. The molecule has 1 aliphatic heterocycles. The Balaban J connectivity index is 2.17. The molecule has 1 fully saturated rings. The Morgan fingerprint density at radius 2 is 2.39 bits per heavy atom. The van der Waals surface area contributed by atoms with Crippen LogP contribution < -0.4 is 0 Å². The maximum Gasteiger partial charge on any atom is 0.255 e. The van der Waals surface area contributed by atoms with Gasteiger partial charge in [0, 0.05) is 12.7 Å². The van der Waals surface area contributed by atoms with Gasteiger partial charge in [0.05, 0.1) is 24.3 Å². The largest absolute Gasteiger partial charge is 0.375 e. The standard InChI is InChI=1S/C13H17FN2O2/c1-3-11-8-18-9(2)7-16(11)13(17)10-4-5-12(14)15-6-10/h4-6,9,11H,3,7-8H2,1-2H3. The second kappa shape index (κ2) is 5.44. The van der Waals surface area contributed by atoms with Crippen molar-refractivity contribution < 1.29 is 13.9 Å². The van der Waals surface area contributed by atoms with Gasteiger partial charge in [0.15, 0.2) is 0 Å². The molecule has 2 heterocycles. The summed E-state index contributed by atoms with van der Waals surface area (Å²) in [5.74, 6) is -0.682. The van der Waals surface area contributed by atoms with E-state index in [0.29, 0.717) is 18.7 Å². The van der Waals surface area contributed by atoms with Crippen molar-refractivity contribution in [2.75, 3.05) is 13.2 Å². The van der Waals surface area contributed by atoms with E-state index in [0.717, 1.165) is 6.42 Å². The first-order chi connectivity index (χ1) is 8.61. The fourth-order valence-electron chi connectivity index (χ4n) is 2.10. The Labute approximate surface area is 106 Å². The molecule has 1 saturated heterocycles. The Morgan fingerprint density at radius 3 is 3.00 bits per heavy atom. The molecule has 1 aromatic heterocycles. The molecule has 0 N–H and O–H groups in total. The maximum atomic E-state index is 12.7. The molecular weight excluding hydrogens is 235 g/mol. The highest BCUT2D eigenvalue weighted by atomic mass is 19.1. The van der Waals surface area contributed by atoms with Gasteiger partial charge in [-0.05, 0) is 25.5 Å². The number of amides is 1. The molecule has 2 unspecified atom stereocenters. The Bertz CT molecular complexity index is 422. The number of hydrogen-bond acceptors (Lipinski definition) is 3. The van der Waals surface area contributed by atoms with E-state index >= 15 is 0 Å². The van der Waals surface area contributed by atoms with E-state index in [2.05, 4.69) is 4.98 Å². The third kappa shape index (κ3) is 2.67. The number of rotatable bonds is 2. The number of nitrogens with zero attached hydrogens (tertiary/aromatic N) is 2. The number of aromatic nitrogens is 1. The zero-order valence-corrected chi connectivity index (χ0v) is 10.6. The van der Waals surface area contributed by atoms with Crippen LogP contribution in [0.3, 0.4) is 0 Å². The fraction of sp³-hybridized carbons (Fsp3) is 0.538. The monoisotopic (exact) mass is 252 g/mol. The summed E-state index contributed by atoms with van der Waals surface area (Å²) >= 11 is 0. The molecular formula is C13H17FN2O2. The molecule has 0 saturated carbocycles. The topological polar surface area (TPSA) is 42.4 Å². The van der Waals surface area contributed by atoms with E-state index in [1.165, 1.54) is 18.3 Å². The van der Waals surface area contributed by atoms with Crippen LogP contribution in [0.25, 0.3) is 0 Å². The van der Waals surface area contributed by atoms with Gasteiger partial charge in [0.2, 0.25) is 5.95 Å². The smallest absolute Gasteiger partial charge is 0.255 e. The van der Waals surface area contributed by atoms with Crippen LogP contribution in [0.1, 0.15) is 30.6 Å². The fourth-order valence-corrected chi connectivity index (χ4v) is 2.10. The van der Waals surface area contributed by atoms with Gasteiger partial charge in [-0.15, -0.1) is 0 Å². The summed E-state index contributed by atoms with van der Waals surface area (Å²) in [5.41, 5.74) is 0.420. The molecule has 4 nitrogen and oxygen atoms in total. The van der Waals surface area contributed by atoms with Gasteiger partial charge in [-0.3, -0.25) is 4.79 Å². The quantitative estimate of drug-likeness (QED) is 0.754. The van der Waals surface area contributed by atoms with Gasteiger partial charge in [0.1, 0.15) is 0 Å². The second-order valence-electron chi connectivity index (χ2n) is 4.53. The first-order valence-electron chi connectivity index (χ1n) is 6.16. The van der Waals surface area contributed by atoms with Gasteiger partial charge in [0.25, 0.3) is 5.91 Å². The molecule has 1 aliphatic rings. The van der Waals surface area contributed by atoms with Crippen LogP contribution >= 0.6 is 0 Å². The van der Waals surface area contributed by atoms with Gasteiger partial charge in [-0.25, -0.2) is 4.98 Å². The summed E-state index contributed by atoms with van der Waals surface area (Å²) in [6.07, 6.45) is 2.16. The highest BCUT2D eigenvalue weighted by molar-refractivity contribution is 5.94. The third-order valence-corrected chi connectivity index (χ3v) is 3.17. The SMILES string of the molecule is CCC1COC(C)CN1C(=O)c1ccc(F)nc1. The van der Waals surface area contributed by atoms with Crippen LogP contribution in [0.2, 0.25) is 0 Å². The number of ether oxygens (including phenoxy) is 1. The average Bonchev–Trinajstić information content (AvgIpc) is 2.39. The van der Waals surface area contributed by atoms with E-state index in [4.69, 9.17) is 4.74 Å². The summed E-state index contributed by atoms with van der Waals surface area (Å²) in [6.45, 7) is 5.08. The van der Waals surface area contributed by atoms with Gasteiger partial charge >= 0.3 is 0 Å². The predicted molar refractivity (Wildman–Crippen MR) is 64.7 cm³/mol. The minimum absolute atomic E-state index is 0.0326. The lowest BCUT2D eigenvalue weighted by Gasteiger charge is -2.38. The molecule has 0 aliphatic carbocycles. The number of halogens is 1. The van der Waals surface area contributed by atoms with Crippen molar-refractivity contribution in [2.24, 2.45) is 0 Å². The molecule has 18 heavy (non-hydrogen) atoms. The van der Waals surface area contributed by atoms with Crippen molar-refractivity contribution in [3.8, 4) is 0 Å². The van der Waals surface area contributed by atoms with Crippen LogP contribution in [-0.4, -0.2) is 41.1 Å². The van der Waals surface area contributed by atoms with Gasteiger partial charge in [-0.1, -0.05) is 6.92 Å². The zero-order chi connectivity index (χ0) is 13.1. The van der Waals surface area contributed by atoms with Crippen molar-refractivity contribution in [3.05, 3.63) is 29.8 Å². The highest BCUT2D eigenvalue weighted by Gasteiger charge is 2.30. The van der Waals surface area contributed by atoms with Crippen molar-refractivity contribution in [2.45, 2.75) is 32.4 Å². The molecule has 0 bridgehead atoms. The van der Waals surface area contributed by atoms with E-state index in [-0.39, 0.29) is 18.1 Å². The Hall–Kier alpha value is -1.49. The first kappa shape index (κ1) is 13.0. The van der Waals surface area contributed by atoms with Crippen LogP contribution in [0.5, 0.6) is 0 Å². The zero-order valence-electron chi connectivity index (χ0n) is 10.6. The van der Waals surface area contributed by atoms with E-state index in [1.807, 2.05) is 13.8 Å². The molecule has 0 aromatic carbocycles. The van der Waals surface area contributed by atoms with Crippen molar-refractivity contribution in [3.63, 3.8) is 0 Å². The number of carbonyl (C=O) groups is 1. The minimum Gasteiger partial charge on any atom is -0.375 e. The number of morpholine rings is 1. The maximum absolute atomic E-state index is 12.7. The van der Waals surface area contributed by atoms with Gasteiger partial charge < -0.3 is 9.64 Å². The number of carbonyl (C=O) groups excluding carboxylic acids is 1. The summed E-state index contributed by atoms with van der Waals surface area (Å²) in [5, 5.41) is 0. The molecule has 1 aromatic rings. The molecule has 5 heteroatoms. The lowest BCUT2D eigenvalue weighted by atomic mass is 10.1. The van der Waals surface area contributed by atoms with Crippen LogP contribution in [0.15, 0.2) is 18.3 Å². The molecule has 98 valence electrons.